The summed E-state index contributed by atoms with van der Waals surface area (Å²) in [6, 6.07) is 11.3. The van der Waals surface area contributed by atoms with Crippen molar-refractivity contribution in [2.24, 2.45) is 0 Å². The first-order valence-electron chi connectivity index (χ1n) is 7.57. The third-order valence-electron chi connectivity index (χ3n) is 3.24. The van der Waals surface area contributed by atoms with Gasteiger partial charge in [-0.05, 0) is 43.3 Å². The van der Waals surface area contributed by atoms with Gasteiger partial charge in [-0.15, -0.1) is 0 Å². The van der Waals surface area contributed by atoms with Crippen LogP contribution in [0.25, 0.3) is 0 Å². The molecule has 0 radical (unpaired) electrons. The zero-order chi connectivity index (χ0) is 19.3. The Morgan fingerprint density at radius 2 is 1.92 bits per heavy atom. The highest BCUT2D eigenvalue weighted by molar-refractivity contribution is 7.92. The number of hydrogen-bond acceptors (Lipinski definition) is 5. The maximum Gasteiger partial charge on any atom is 0.265 e. The molecule has 1 unspecified atom stereocenters. The fourth-order valence-electron chi connectivity index (χ4n) is 2.11. The number of methoxy groups -OCH3 is 1. The monoisotopic (exact) mass is 398 g/mol. The molecule has 140 valence electrons. The summed E-state index contributed by atoms with van der Waals surface area (Å²) in [4.78, 5) is 12.3. The number of anilines is 2. The Labute approximate surface area is 157 Å². The Hall–Kier alpha value is -2.45. The average molecular weight is 399 g/mol. The lowest BCUT2D eigenvalue weighted by molar-refractivity contribution is -0.122. The number of amides is 1. The topological polar surface area (TPSA) is 93.7 Å². The van der Waals surface area contributed by atoms with Crippen LogP contribution in [0.3, 0.4) is 0 Å². The number of rotatable bonds is 7. The van der Waals surface area contributed by atoms with E-state index >= 15 is 0 Å². The van der Waals surface area contributed by atoms with Gasteiger partial charge in [0.25, 0.3) is 5.91 Å². The van der Waals surface area contributed by atoms with Crippen molar-refractivity contribution in [2.75, 3.05) is 23.4 Å². The summed E-state index contributed by atoms with van der Waals surface area (Å²) in [5.41, 5.74) is 0.611. The molecule has 0 aliphatic heterocycles. The summed E-state index contributed by atoms with van der Waals surface area (Å²) < 4.78 is 35.9. The highest BCUT2D eigenvalue weighted by Crippen LogP contribution is 2.28. The summed E-state index contributed by atoms with van der Waals surface area (Å²) in [6.07, 6.45) is 0.236. The Bertz CT molecular complexity index is 902. The molecule has 1 amide bonds. The maximum absolute atomic E-state index is 12.3. The van der Waals surface area contributed by atoms with Gasteiger partial charge in [0.15, 0.2) is 6.10 Å². The summed E-state index contributed by atoms with van der Waals surface area (Å²) in [6.45, 7) is 1.59. The van der Waals surface area contributed by atoms with E-state index in [0.29, 0.717) is 22.2 Å². The van der Waals surface area contributed by atoms with Gasteiger partial charge in [-0.1, -0.05) is 17.7 Å². The molecule has 0 saturated heterocycles. The molecular weight excluding hydrogens is 380 g/mol. The predicted octanol–water partition coefficient (Wildman–Crippen LogP) is 3.13. The molecule has 0 heterocycles. The molecular formula is C17H19ClN2O5S. The van der Waals surface area contributed by atoms with Crippen LogP contribution in [-0.4, -0.2) is 33.8 Å². The van der Waals surface area contributed by atoms with E-state index in [4.69, 9.17) is 21.1 Å². The lowest BCUT2D eigenvalue weighted by Gasteiger charge is -2.16. The minimum absolute atomic E-state index is 0.219. The highest BCUT2D eigenvalue weighted by atomic mass is 35.5. The quantitative estimate of drug-likeness (QED) is 0.747. The van der Waals surface area contributed by atoms with Gasteiger partial charge >= 0.3 is 0 Å². The molecule has 26 heavy (non-hydrogen) atoms. The molecule has 0 aliphatic rings. The highest BCUT2D eigenvalue weighted by Gasteiger charge is 2.16. The maximum atomic E-state index is 12.3. The van der Waals surface area contributed by atoms with Crippen LogP contribution in [0.1, 0.15) is 6.92 Å². The van der Waals surface area contributed by atoms with Crippen LogP contribution in [0.15, 0.2) is 42.5 Å². The number of hydrogen-bond donors (Lipinski definition) is 2. The smallest absolute Gasteiger partial charge is 0.265 e. The number of halogens is 1. The number of carbonyl (C=O) groups excluding carboxylic acids is 1. The van der Waals surface area contributed by atoms with Gasteiger partial charge in [0.1, 0.15) is 11.5 Å². The molecule has 0 fully saturated rings. The Balaban J connectivity index is 2.11. The van der Waals surface area contributed by atoms with E-state index in [-0.39, 0.29) is 5.69 Å². The second-order valence-corrected chi connectivity index (χ2v) is 7.68. The van der Waals surface area contributed by atoms with E-state index in [9.17, 15) is 13.2 Å². The Kier molecular flexibility index (Phi) is 6.33. The zero-order valence-corrected chi connectivity index (χ0v) is 16.0. The summed E-state index contributed by atoms with van der Waals surface area (Å²) in [5, 5.41) is 3.17. The molecule has 9 heteroatoms. The van der Waals surface area contributed by atoms with E-state index < -0.39 is 22.0 Å². The van der Waals surface area contributed by atoms with Crippen LogP contribution in [0.5, 0.6) is 11.5 Å². The third kappa shape index (κ3) is 5.82. The van der Waals surface area contributed by atoms with Gasteiger partial charge in [0.2, 0.25) is 10.0 Å². The van der Waals surface area contributed by atoms with Crippen molar-refractivity contribution >= 4 is 38.9 Å². The van der Waals surface area contributed by atoms with Crippen LogP contribution in [0.2, 0.25) is 5.02 Å². The molecule has 7 nitrogen and oxygen atoms in total. The van der Waals surface area contributed by atoms with E-state index in [1.807, 2.05) is 0 Å². The number of carbonyl (C=O) groups is 1. The summed E-state index contributed by atoms with van der Waals surface area (Å²) in [5.74, 6) is 0.395. The molecule has 2 aromatic rings. The van der Waals surface area contributed by atoms with Gasteiger partial charge in [-0.3, -0.25) is 9.52 Å². The molecule has 2 aromatic carbocycles. The van der Waals surface area contributed by atoms with E-state index in [1.165, 1.54) is 13.2 Å². The van der Waals surface area contributed by atoms with E-state index in [1.54, 1.807) is 43.3 Å². The molecule has 1 atom stereocenters. The van der Waals surface area contributed by atoms with Crippen LogP contribution in [-0.2, 0) is 14.8 Å². The Morgan fingerprint density at radius 1 is 1.19 bits per heavy atom. The molecule has 0 aliphatic carbocycles. The normalized spacial score (nSPS) is 12.2. The van der Waals surface area contributed by atoms with Crippen molar-refractivity contribution in [1.82, 2.24) is 0 Å². The van der Waals surface area contributed by atoms with Crippen molar-refractivity contribution in [3.8, 4) is 11.5 Å². The lowest BCUT2D eigenvalue weighted by Crippen LogP contribution is -2.30. The van der Waals surface area contributed by atoms with Gasteiger partial charge < -0.3 is 14.8 Å². The van der Waals surface area contributed by atoms with Crippen molar-refractivity contribution in [3.05, 3.63) is 47.5 Å². The largest absolute Gasteiger partial charge is 0.495 e. The number of benzene rings is 2. The van der Waals surface area contributed by atoms with Gasteiger partial charge in [0.05, 0.1) is 19.1 Å². The second-order valence-electron chi connectivity index (χ2n) is 5.50. The fourth-order valence-corrected chi connectivity index (χ4v) is 2.85. The average Bonchev–Trinajstić information content (AvgIpc) is 2.53. The minimum Gasteiger partial charge on any atom is -0.495 e. The fraction of sp³-hybridized carbons (Fsp3) is 0.235. The summed E-state index contributed by atoms with van der Waals surface area (Å²) >= 11 is 5.89. The van der Waals surface area contributed by atoms with Crippen molar-refractivity contribution in [3.63, 3.8) is 0 Å². The predicted molar refractivity (Wildman–Crippen MR) is 102 cm³/mol. The van der Waals surface area contributed by atoms with Crippen molar-refractivity contribution in [2.45, 2.75) is 13.0 Å². The van der Waals surface area contributed by atoms with Crippen LogP contribution >= 0.6 is 11.6 Å². The zero-order valence-electron chi connectivity index (χ0n) is 14.4. The number of sulfonamides is 1. The van der Waals surface area contributed by atoms with Crippen LogP contribution in [0, 0.1) is 0 Å². The first-order valence-corrected chi connectivity index (χ1v) is 9.84. The van der Waals surface area contributed by atoms with Crippen LogP contribution in [0.4, 0.5) is 11.4 Å². The lowest BCUT2D eigenvalue weighted by atomic mass is 10.2. The third-order valence-corrected chi connectivity index (χ3v) is 4.07. The number of nitrogens with one attached hydrogen (secondary N) is 2. The first-order chi connectivity index (χ1) is 12.2. The molecule has 0 aromatic heterocycles. The molecule has 2 rings (SSSR count). The van der Waals surface area contributed by atoms with Gasteiger partial charge in [-0.25, -0.2) is 8.42 Å². The standard InChI is InChI=1S/C17H19ClN2O5S/c1-11(25-14-6-4-5-12(18)9-14)17(21)19-13-7-8-16(24-2)15(10-13)20-26(3,22)23/h4-11,20H,1-3H3,(H,19,21). The summed E-state index contributed by atoms with van der Waals surface area (Å²) in [7, 11) is -2.08. The second kappa shape index (κ2) is 8.29. The number of ether oxygens (including phenoxy) is 2. The van der Waals surface area contributed by atoms with Crippen molar-refractivity contribution < 1.29 is 22.7 Å². The molecule has 0 bridgehead atoms. The van der Waals surface area contributed by atoms with Crippen LogP contribution < -0.4 is 19.5 Å². The minimum atomic E-state index is -3.50. The molecule has 0 saturated carbocycles. The van der Waals surface area contributed by atoms with E-state index in [0.717, 1.165) is 6.26 Å². The van der Waals surface area contributed by atoms with Gasteiger partial charge in [-0.2, -0.15) is 0 Å². The van der Waals surface area contributed by atoms with Gasteiger partial charge in [0, 0.05) is 10.7 Å². The molecule has 2 N–H and O–H groups in total. The SMILES string of the molecule is COc1ccc(NC(=O)C(C)Oc2cccc(Cl)c2)cc1NS(C)(=O)=O. The Morgan fingerprint density at radius 3 is 2.54 bits per heavy atom. The molecule has 0 spiro atoms. The van der Waals surface area contributed by atoms with Crippen molar-refractivity contribution in [1.29, 1.82) is 0 Å². The van der Waals surface area contributed by atoms with E-state index in [2.05, 4.69) is 10.0 Å². The first kappa shape index (κ1) is 19.9.